The first-order valence-corrected chi connectivity index (χ1v) is 6.89. The molecule has 4 rings (SSSR count). The number of phenolic OH excluding ortho intramolecular Hbond substituents is 1. The van der Waals surface area contributed by atoms with Gasteiger partial charge in [0.05, 0.1) is 18.9 Å². The van der Waals surface area contributed by atoms with Gasteiger partial charge in [0.1, 0.15) is 17.3 Å². The Morgan fingerprint density at radius 2 is 1.95 bits per heavy atom. The Morgan fingerprint density at radius 3 is 2.57 bits per heavy atom. The molecule has 21 heavy (non-hydrogen) atoms. The maximum atomic E-state index is 12.3. The largest absolute Gasteiger partial charge is 0.508 e. The average Bonchev–Trinajstić information content (AvgIpc) is 2.45. The zero-order valence-corrected chi connectivity index (χ0v) is 11.8. The van der Waals surface area contributed by atoms with Crippen molar-refractivity contribution in [1.29, 1.82) is 0 Å². The van der Waals surface area contributed by atoms with Crippen LogP contribution >= 0.6 is 0 Å². The molecule has 1 fully saturated rings. The van der Waals surface area contributed by atoms with Crippen molar-refractivity contribution in [3.05, 3.63) is 29.3 Å². The van der Waals surface area contributed by atoms with Gasteiger partial charge in [-0.25, -0.2) is 0 Å². The molecule has 1 N–H and O–H groups in total. The van der Waals surface area contributed by atoms with E-state index in [2.05, 4.69) is 0 Å². The van der Waals surface area contributed by atoms with E-state index in [1.165, 1.54) is 20.1 Å². The summed E-state index contributed by atoms with van der Waals surface area (Å²) >= 11 is 0. The second kappa shape index (κ2) is 4.69. The number of phenols is 1. The minimum Gasteiger partial charge on any atom is -0.508 e. The lowest BCUT2D eigenvalue weighted by Gasteiger charge is -2.46. The Balaban J connectivity index is 2.21. The van der Waals surface area contributed by atoms with Gasteiger partial charge in [0, 0.05) is 18.3 Å². The van der Waals surface area contributed by atoms with Gasteiger partial charge in [-0.1, -0.05) is 6.07 Å². The highest BCUT2D eigenvalue weighted by Crippen LogP contribution is 2.55. The first-order valence-electron chi connectivity index (χ1n) is 6.89. The van der Waals surface area contributed by atoms with Crippen LogP contribution in [0.1, 0.15) is 36.3 Å². The van der Waals surface area contributed by atoms with Crippen LogP contribution in [0.2, 0.25) is 0 Å². The number of hydrogen-bond acceptors (Lipinski definition) is 5. The summed E-state index contributed by atoms with van der Waals surface area (Å²) in [6.45, 7) is 1.40. The number of methoxy groups -OCH3 is 1. The van der Waals surface area contributed by atoms with E-state index in [0.717, 1.165) is 5.56 Å². The summed E-state index contributed by atoms with van der Waals surface area (Å²) in [5, 5.41) is 9.66. The topological polar surface area (TPSA) is 80.7 Å². The fourth-order valence-corrected chi connectivity index (χ4v) is 3.90. The van der Waals surface area contributed by atoms with Crippen LogP contribution in [0.15, 0.2) is 18.2 Å². The smallest absolute Gasteiger partial charge is 0.310 e. The highest BCUT2D eigenvalue weighted by atomic mass is 16.5. The van der Waals surface area contributed by atoms with Crippen molar-refractivity contribution in [3.8, 4) is 5.75 Å². The quantitative estimate of drug-likeness (QED) is 0.835. The molecule has 0 spiro atoms. The SMILES string of the molecule is COC(=O)C1C2CC(=O)C(c3cc(O)ccc32)C1C(C)=O. The highest BCUT2D eigenvalue weighted by Gasteiger charge is 2.55. The van der Waals surface area contributed by atoms with Crippen LogP contribution in [0.5, 0.6) is 5.75 Å². The lowest BCUT2D eigenvalue weighted by molar-refractivity contribution is -0.155. The van der Waals surface area contributed by atoms with Gasteiger partial charge in [-0.3, -0.25) is 14.4 Å². The number of esters is 1. The molecule has 3 aliphatic rings. The van der Waals surface area contributed by atoms with E-state index in [-0.39, 0.29) is 29.7 Å². The van der Waals surface area contributed by atoms with E-state index >= 15 is 0 Å². The number of carbonyl (C=O) groups is 3. The van der Waals surface area contributed by atoms with Crippen LogP contribution in [0.4, 0.5) is 0 Å². The second-order valence-electron chi connectivity index (χ2n) is 5.75. The molecule has 4 unspecified atom stereocenters. The van der Waals surface area contributed by atoms with Crippen LogP contribution < -0.4 is 0 Å². The Morgan fingerprint density at radius 1 is 1.24 bits per heavy atom. The summed E-state index contributed by atoms with van der Waals surface area (Å²) in [7, 11) is 1.29. The van der Waals surface area contributed by atoms with Crippen LogP contribution in [0.25, 0.3) is 0 Å². The monoisotopic (exact) mass is 288 g/mol. The first kappa shape index (κ1) is 13.8. The second-order valence-corrected chi connectivity index (χ2v) is 5.75. The lowest BCUT2D eigenvalue weighted by Crippen LogP contribution is -2.49. The lowest BCUT2D eigenvalue weighted by atomic mass is 9.55. The van der Waals surface area contributed by atoms with Gasteiger partial charge in [-0.15, -0.1) is 0 Å². The minimum absolute atomic E-state index is 0.0431. The predicted octanol–water partition coefficient (Wildman–Crippen LogP) is 1.54. The number of Topliss-reactive ketones (excluding diaryl/α,β-unsaturated/α-hetero) is 2. The molecule has 0 radical (unpaired) electrons. The molecule has 5 heteroatoms. The minimum atomic E-state index is -0.696. The molecule has 0 heterocycles. The summed E-state index contributed by atoms with van der Waals surface area (Å²) in [6, 6.07) is 4.82. The molecule has 1 aromatic rings. The van der Waals surface area contributed by atoms with Gasteiger partial charge in [-0.05, 0) is 30.2 Å². The number of hydrogen-bond donors (Lipinski definition) is 1. The van der Waals surface area contributed by atoms with Gasteiger partial charge < -0.3 is 9.84 Å². The summed E-state index contributed by atoms with van der Waals surface area (Å²) in [4.78, 5) is 36.5. The summed E-state index contributed by atoms with van der Waals surface area (Å²) in [5.41, 5.74) is 1.54. The van der Waals surface area contributed by atoms with E-state index in [1.54, 1.807) is 12.1 Å². The maximum Gasteiger partial charge on any atom is 0.310 e. The van der Waals surface area contributed by atoms with Crippen molar-refractivity contribution in [3.63, 3.8) is 0 Å². The Hall–Kier alpha value is -2.17. The van der Waals surface area contributed by atoms with Crippen molar-refractivity contribution in [2.24, 2.45) is 11.8 Å². The number of ketones is 2. The maximum absolute atomic E-state index is 12.3. The third kappa shape index (κ3) is 1.87. The van der Waals surface area contributed by atoms with Gasteiger partial charge in [0.15, 0.2) is 0 Å². The van der Waals surface area contributed by atoms with E-state index in [1.807, 2.05) is 0 Å². The van der Waals surface area contributed by atoms with E-state index in [9.17, 15) is 19.5 Å². The van der Waals surface area contributed by atoms with E-state index in [0.29, 0.717) is 5.56 Å². The Bertz CT molecular complexity index is 648. The number of rotatable bonds is 2. The molecule has 1 aromatic carbocycles. The molecule has 0 aromatic heterocycles. The zero-order chi connectivity index (χ0) is 15.3. The van der Waals surface area contributed by atoms with E-state index in [4.69, 9.17) is 4.74 Å². The molecule has 4 atom stereocenters. The van der Waals surface area contributed by atoms with Gasteiger partial charge >= 0.3 is 5.97 Å². The van der Waals surface area contributed by atoms with Gasteiger partial charge in [0.25, 0.3) is 0 Å². The Kier molecular flexibility index (Phi) is 3.08. The molecule has 0 saturated heterocycles. The van der Waals surface area contributed by atoms with Gasteiger partial charge in [0.2, 0.25) is 0 Å². The van der Waals surface area contributed by atoms with Crippen LogP contribution in [0.3, 0.4) is 0 Å². The molecular weight excluding hydrogens is 272 g/mol. The average molecular weight is 288 g/mol. The highest BCUT2D eigenvalue weighted by molar-refractivity contribution is 6.00. The summed E-state index contributed by atoms with van der Waals surface area (Å²) in [5.74, 6) is -2.94. The first-order chi connectivity index (χ1) is 9.95. The molecule has 0 amide bonds. The molecular formula is C16H16O5. The van der Waals surface area contributed by atoms with E-state index < -0.39 is 23.7 Å². The molecule has 110 valence electrons. The van der Waals surface area contributed by atoms with Crippen molar-refractivity contribution in [2.75, 3.05) is 7.11 Å². The summed E-state index contributed by atoms with van der Waals surface area (Å²) in [6.07, 6.45) is 0.242. The number of fused-ring (bicyclic) bond motifs is 2. The number of carbonyl (C=O) groups excluding carboxylic acids is 3. The van der Waals surface area contributed by atoms with Crippen molar-refractivity contribution >= 4 is 17.5 Å². The number of benzene rings is 1. The Labute approximate surface area is 121 Å². The van der Waals surface area contributed by atoms with Crippen molar-refractivity contribution in [1.82, 2.24) is 0 Å². The standard InChI is InChI=1S/C16H16O5/c1-7(17)13-14-10-5-8(18)3-4-9(10)11(6-12(14)19)15(13)16(20)21-2/h3-5,11,13-15,18H,6H2,1-2H3. The van der Waals surface area contributed by atoms with Crippen molar-refractivity contribution < 1.29 is 24.2 Å². The predicted molar refractivity (Wildman–Crippen MR) is 72.9 cm³/mol. The number of ether oxygens (including phenoxy) is 1. The fourth-order valence-electron chi connectivity index (χ4n) is 3.90. The molecule has 5 nitrogen and oxygen atoms in total. The normalized spacial score (nSPS) is 29.9. The van der Waals surface area contributed by atoms with Crippen LogP contribution in [-0.4, -0.2) is 29.8 Å². The number of aromatic hydroxyl groups is 1. The van der Waals surface area contributed by atoms with Crippen LogP contribution in [-0.2, 0) is 19.1 Å². The molecule has 1 saturated carbocycles. The third-order valence-electron chi connectivity index (χ3n) is 4.70. The molecule has 3 aliphatic carbocycles. The zero-order valence-electron chi connectivity index (χ0n) is 11.8. The molecule has 2 bridgehead atoms. The van der Waals surface area contributed by atoms with Crippen LogP contribution in [0, 0.1) is 11.8 Å². The van der Waals surface area contributed by atoms with Crippen molar-refractivity contribution in [2.45, 2.75) is 25.2 Å². The fraction of sp³-hybridized carbons (Fsp3) is 0.438. The van der Waals surface area contributed by atoms with Gasteiger partial charge in [-0.2, -0.15) is 0 Å². The third-order valence-corrected chi connectivity index (χ3v) is 4.70. The summed E-state index contributed by atoms with van der Waals surface area (Å²) < 4.78 is 4.84. The molecule has 0 aliphatic heterocycles.